The monoisotopic (exact) mass is 633 g/mol. The lowest BCUT2D eigenvalue weighted by Crippen LogP contribution is -2.63. The Bertz CT molecular complexity index is 886. The van der Waals surface area contributed by atoms with Gasteiger partial charge in [0.2, 0.25) is 0 Å². The van der Waals surface area contributed by atoms with Crippen molar-refractivity contribution in [3.8, 4) is 0 Å². The maximum Gasteiger partial charge on any atom is 0.0981 e. The van der Waals surface area contributed by atoms with Gasteiger partial charge in [0.15, 0.2) is 0 Å². The topological polar surface area (TPSA) is 247 Å². The maximum atomic E-state index is 11.3. The fraction of sp³-hybridized carbons (Fsp3) is 1.00. The van der Waals surface area contributed by atoms with Gasteiger partial charge in [0.1, 0.15) is 0 Å². The van der Waals surface area contributed by atoms with Gasteiger partial charge in [0.05, 0.1) is 61.0 Å². The first-order chi connectivity index (χ1) is 20.9. The number of hydrogen-bond donors (Lipinski definition) is 10. The van der Waals surface area contributed by atoms with Crippen LogP contribution in [-0.4, -0.2) is 135 Å². The first-order valence-corrected chi connectivity index (χ1v) is 16.6. The van der Waals surface area contributed by atoms with E-state index < -0.39 is 79.0 Å². The Balaban J connectivity index is 1.39. The van der Waals surface area contributed by atoms with Crippen LogP contribution in [0.3, 0.4) is 0 Å². The first-order valence-electron chi connectivity index (χ1n) is 16.6. The Kier molecular flexibility index (Phi) is 12.9. The molecule has 0 spiro atoms. The van der Waals surface area contributed by atoms with Gasteiger partial charge >= 0.3 is 0 Å². The standard InChI is InChI=1S/C31H59N3O10/c1-13-4-18(11-37)30(28(40)25(13)33)44-23-6-17(10-36)22(8-20(23)32)42-24-7-19(12-38)31(29(41)26(24)34)43-21-5-16(9-35)14(2)27(39)15(21)3/h13-31,35-41H,4-12,32-34H2,1-3H3. The summed E-state index contributed by atoms with van der Waals surface area (Å²) in [5.74, 6) is -1.54. The van der Waals surface area contributed by atoms with Crippen LogP contribution in [0.15, 0.2) is 0 Å². The molecule has 4 fully saturated rings. The van der Waals surface area contributed by atoms with E-state index in [2.05, 4.69) is 0 Å². The van der Waals surface area contributed by atoms with E-state index in [0.717, 1.165) is 0 Å². The van der Waals surface area contributed by atoms with Crippen molar-refractivity contribution < 1.29 is 50.0 Å². The van der Waals surface area contributed by atoms with Crippen molar-refractivity contribution >= 4 is 0 Å². The molecule has 44 heavy (non-hydrogen) atoms. The molecular weight excluding hydrogens is 574 g/mol. The van der Waals surface area contributed by atoms with Crippen molar-refractivity contribution in [2.75, 3.05) is 26.4 Å². The minimum absolute atomic E-state index is 0.0339. The molecular formula is C31H59N3O10. The molecule has 0 aromatic heterocycles. The van der Waals surface area contributed by atoms with E-state index in [1.54, 1.807) is 0 Å². The lowest BCUT2D eigenvalue weighted by molar-refractivity contribution is -0.212. The van der Waals surface area contributed by atoms with Gasteiger partial charge < -0.3 is 67.2 Å². The second kappa shape index (κ2) is 15.6. The number of aliphatic hydroxyl groups excluding tert-OH is 7. The van der Waals surface area contributed by atoms with E-state index in [9.17, 15) is 35.7 Å². The minimum Gasteiger partial charge on any atom is -0.396 e. The van der Waals surface area contributed by atoms with Crippen molar-refractivity contribution in [2.24, 2.45) is 58.6 Å². The Morgan fingerprint density at radius 2 is 1.00 bits per heavy atom. The van der Waals surface area contributed by atoms with Gasteiger partial charge in [-0.15, -0.1) is 0 Å². The van der Waals surface area contributed by atoms with Gasteiger partial charge in [-0.2, -0.15) is 0 Å². The molecule has 0 heterocycles. The molecule has 4 rings (SSSR count). The van der Waals surface area contributed by atoms with Crippen molar-refractivity contribution in [1.82, 2.24) is 0 Å². The van der Waals surface area contributed by atoms with Gasteiger partial charge in [-0.05, 0) is 49.9 Å². The second-order valence-electron chi connectivity index (χ2n) is 14.4. The van der Waals surface area contributed by atoms with Crippen LogP contribution in [-0.2, 0) is 14.2 Å². The zero-order chi connectivity index (χ0) is 32.5. The third-order valence-corrected chi connectivity index (χ3v) is 11.6. The van der Waals surface area contributed by atoms with Crippen molar-refractivity contribution in [2.45, 2.75) is 126 Å². The van der Waals surface area contributed by atoms with Crippen LogP contribution >= 0.6 is 0 Å². The van der Waals surface area contributed by atoms with Crippen molar-refractivity contribution in [3.05, 3.63) is 0 Å². The molecule has 4 aliphatic carbocycles. The van der Waals surface area contributed by atoms with E-state index in [4.69, 9.17) is 31.4 Å². The molecule has 0 radical (unpaired) electrons. The number of rotatable bonds is 10. The average molecular weight is 634 g/mol. The summed E-state index contributed by atoms with van der Waals surface area (Å²) < 4.78 is 19.1. The molecule has 0 amide bonds. The highest BCUT2D eigenvalue weighted by Gasteiger charge is 2.50. The van der Waals surface area contributed by atoms with E-state index >= 15 is 0 Å². The maximum absolute atomic E-state index is 11.3. The fourth-order valence-corrected chi connectivity index (χ4v) is 8.30. The molecule has 13 heteroatoms. The largest absolute Gasteiger partial charge is 0.396 e. The molecule has 19 unspecified atom stereocenters. The van der Waals surface area contributed by atoms with Crippen LogP contribution in [0.25, 0.3) is 0 Å². The number of nitrogens with two attached hydrogens (primary N) is 3. The van der Waals surface area contributed by atoms with E-state index in [-0.39, 0.29) is 61.9 Å². The highest BCUT2D eigenvalue weighted by Crippen LogP contribution is 2.40. The van der Waals surface area contributed by atoms with E-state index in [0.29, 0.717) is 32.1 Å². The smallest absolute Gasteiger partial charge is 0.0981 e. The fourth-order valence-electron chi connectivity index (χ4n) is 8.30. The molecule has 0 aromatic rings. The van der Waals surface area contributed by atoms with Crippen LogP contribution in [0.4, 0.5) is 0 Å². The lowest BCUT2D eigenvalue weighted by atomic mass is 9.71. The second-order valence-corrected chi connectivity index (χ2v) is 14.4. The predicted molar refractivity (Wildman–Crippen MR) is 161 cm³/mol. The molecule has 13 N–H and O–H groups in total. The first kappa shape index (κ1) is 36.3. The summed E-state index contributed by atoms with van der Waals surface area (Å²) in [4.78, 5) is 0. The minimum atomic E-state index is -1.15. The Morgan fingerprint density at radius 3 is 1.59 bits per heavy atom. The van der Waals surface area contributed by atoms with Crippen LogP contribution in [0.1, 0.15) is 52.9 Å². The van der Waals surface area contributed by atoms with Gasteiger partial charge in [0, 0.05) is 62.2 Å². The SMILES string of the molecule is CC1CC(CO)C(OC2CC(CO)C(OC3CC(CO)C(OC4CC(CO)C(C)C(O)C4C)C(O)C3N)CC2N)C(O)C1N. The van der Waals surface area contributed by atoms with Crippen LogP contribution in [0.5, 0.6) is 0 Å². The van der Waals surface area contributed by atoms with Crippen molar-refractivity contribution in [3.63, 3.8) is 0 Å². The number of aliphatic hydroxyl groups is 7. The van der Waals surface area contributed by atoms with Crippen LogP contribution < -0.4 is 17.2 Å². The summed E-state index contributed by atoms with van der Waals surface area (Å²) in [6, 6.07) is -1.81. The molecule has 0 aliphatic heterocycles. The zero-order valence-electron chi connectivity index (χ0n) is 26.4. The number of ether oxygens (including phenoxy) is 3. The normalized spacial score (nSPS) is 52.2. The van der Waals surface area contributed by atoms with Gasteiger partial charge in [-0.25, -0.2) is 0 Å². The van der Waals surface area contributed by atoms with Gasteiger partial charge in [-0.1, -0.05) is 20.8 Å². The quantitative estimate of drug-likeness (QED) is 0.121. The summed E-state index contributed by atoms with van der Waals surface area (Å²) in [5.41, 5.74) is 19.3. The van der Waals surface area contributed by atoms with Crippen LogP contribution in [0.2, 0.25) is 0 Å². The molecule has 258 valence electrons. The van der Waals surface area contributed by atoms with Gasteiger partial charge in [-0.3, -0.25) is 0 Å². The Labute approximate surface area is 261 Å². The summed E-state index contributed by atoms with van der Waals surface area (Å²) in [6.45, 7) is 5.06. The summed E-state index contributed by atoms with van der Waals surface area (Å²) in [7, 11) is 0. The molecule has 0 bridgehead atoms. The number of hydrogen-bond acceptors (Lipinski definition) is 13. The third-order valence-electron chi connectivity index (χ3n) is 11.6. The molecule has 0 saturated heterocycles. The van der Waals surface area contributed by atoms with E-state index in [1.165, 1.54) is 0 Å². The summed E-state index contributed by atoms with van der Waals surface area (Å²) in [6.07, 6.45) is -4.10. The molecule has 19 atom stereocenters. The molecule has 0 aromatic carbocycles. The zero-order valence-corrected chi connectivity index (χ0v) is 26.4. The Morgan fingerprint density at radius 1 is 0.500 bits per heavy atom. The Hall–Kier alpha value is -0.520. The molecule has 4 aliphatic rings. The van der Waals surface area contributed by atoms with Crippen molar-refractivity contribution in [1.29, 1.82) is 0 Å². The summed E-state index contributed by atoms with van der Waals surface area (Å²) in [5, 5.41) is 73.3. The lowest BCUT2D eigenvalue weighted by Gasteiger charge is -2.49. The average Bonchev–Trinajstić information content (AvgIpc) is 3.01. The van der Waals surface area contributed by atoms with Gasteiger partial charge in [0.25, 0.3) is 0 Å². The summed E-state index contributed by atoms with van der Waals surface area (Å²) >= 11 is 0. The third kappa shape index (κ3) is 7.46. The van der Waals surface area contributed by atoms with E-state index in [1.807, 2.05) is 20.8 Å². The molecule has 13 nitrogen and oxygen atoms in total. The molecule has 4 saturated carbocycles. The highest BCUT2D eigenvalue weighted by atomic mass is 16.5. The highest BCUT2D eigenvalue weighted by molar-refractivity contribution is 5.01. The van der Waals surface area contributed by atoms with Crippen LogP contribution in [0, 0.1) is 41.4 Å². The predicted octanol–water partition coefficient (Wildman–Crippen LogP) is -2.34.